The maximum Gasteiger partial charge on any atom is 0.142 e. The lowest BCUT2D eigenvalue weighted by atomic mass is 10.0. The van der Waals surface area contributed by atoms with Gasteiger partial charge in [0.15, 0.2) is 0 Å². The molecule has 2 aromatic carbocycles. The molecule has 1 atom stereocenters. The van der Waals surface area contributed by atoms with Crippen molar-refractivity contribution < 1.29 is 14.2 Å². The number of fused-ring (bicyclic) bond motifs is 3. The van der Waals surface area contributed by atoms with Gasteiger partial charge in [-0.2, -0.15) is 0 Å². The summed E-state index contributed by atoms with van der Waals surface area (Å²) in [6.07, 6.45) is 5.92. The van der Waals surface area contributed by atoms with Crippen molar-refractivity contribution in [1.29, 1.82) is 0 Å². The zero-order valence-electron chi connectivity index (χ0n) is 23.0. The van der Waals surface area contributed by atoms with Crippen molar-refractivity contribution >= 4 is 33.2 Å². The van der Waals surface area contributed by atoms with Gasteiger partial charge in [0, 0.05) is 55.5 Å². The van der Waals surface area contributed by atoms with E-state index in [9.17, 15) is 0 Å². The molecule has 206 valence electrons. The molecule has 9 heteroatoms. The zero-order valence-corrected chi connectivity index (χ0v) is 23.0. The lowest BCUT2D eigenvalue weighted by Crippen LogP contribution is -2.30. The smallest absolute Gasteiger partial charge is 0.142 e. The first-order valence-corrected chi connectivity index (χ1v) is 13.1. The van der Waals surface area contributed by atoms with Crippen LogP contribution in [0.5, 0.6) is 11.5 Å². The lowest BCUT2D eigenvalue weighted by Gasteiger charge is -2.22. The first-order chi connectivity index (χ1) is 19.5. The second-order valence-corrected chi connectivity index (χ2v) is 9.74. The second kappa shape index (κ2) is 12.1. The number of nitrogens with zero attached hydrogens (tertiary/aromatic N) is 4. The number of hydrogen-bond acceptors (Lipinski definition) is 9. The predicted octanol–water partition coefficient (Wildman–Crippen LogP) is 4.47. The predicted molar refractivity (Wildman–Crippen MR) is 160 cm³/mol. The quantitative estimate of drug-likeness (QED) is 0.235. The number of nitrogen functional groups attached to an aromatic ring is 1. The molecular formula is C31H34N6O3. The molecule has 0 aliphatic rings. The number of nitrogens with two attached hydrogens (primary N) is 2. The Bertz CT molecular complexity index is 1610. The Morgan fingerprint density at radius 2 is 1.77 bits per heavy atom. The Labute approximate surface area is 233 Å². The molecule has 40 heavy (non-hydrogen) atoms. The monoisotopic (exact) mass is 538 g/mol. The van der Waals surface area contributed by atoms with Gasteiger partial charge in [0.05, 0.1) is 36.8 Å². The SMILES string of the molecule is COCCN(C)c1cc2ncc3c(N)nc(-c4cncc(OC[C@@H](N)Cc5ccccc5)c4)cc3c2cc1OC. The highest BCUT2D eigenvalue weighted by Gasteiger charge is 2.16. The van der Waals surface area contributed by atoms with Crippen LogP contribution < -0.4 is 25.8 Å². The van der Waals surface area contributed by atoms with Crippen molar-refractivity contribution in [3.63, 3.8) is 0 Å². The molecule has 0 bridgehead atoms. The van der Waals surface area contributed by atoms with Crippen LogP contribution in [0, 0.1) is 0 Å². The normalized spacial score (nSPS) is 12.0. The molecule has 0 saturated carbocycles. The molecule has 5 aromatic rings. The first-order valence-electron chi connectivity index (χ1n) is 13.1. The van der Waals surface area contributed by atoms with E-state index in [1.54, 1.807) is 32.8 Å². The standard InChI is InChI=1S/C31H34N6O3/c1-37(9-10-38-2)29-15-28-25(14-30(29)39-3)24-13-27(36-31(33)26(24)18-35-28)21-12-23(17-34-16-21)40-19-22(32)11-20-7-5-4-6-8-20/h4-8,12-18,22H,9-11,19,32H2,1-3H3,(H2,33,36)/t22-/m0/s1. The van der Waals surface area contributed by atoms with Gasteiger partial charge in [0.25, 0.3) is 0 Å². The minimum absolute atomic E-state index is 0.146. The average molecular weight is 539 g/mol. The summed E-state index contributed by atoms with van der Waals surface area (Å²) in [7, 11) is 5.35. The molecule has 0 aliphatic carbocycles. The van der Waals surface area contributed by atoms with Gasteiger partial charge in [-0.1, -0.05) is 30.3 Å². The Hall–Kier alpha value is -4.47. The molecule has 3 heterocycles. The maximum absolute atomic E-state index is 6.43. The van der Waals surface area contributed by atoms with Crippen LogP contribution in [0.25, 0.3) is 32.9 Å². The largest absolute Gasteiger partial charge is 0.495 e. The Morgan fingerprint density at radius 1 is 0.950 bits per heavy atom. The van der Waals surface area contributed by atoms with Gasteiger partial charge >= 0.3 is 0 Å². The van der Waals surface area contributed by atoms with E-state index in [-0.39, 0.29) is 6.04 Å². The fraction of sp³-hybridized carbons (Fsp3) is 0.258. The fourth-order valence-electron chi connectivity index (χ4n) is 4.72. The number of ether oxygens (including phenoxy) is 3. The summed E-state index contributed by atoms with van der Waals surface area (Å²) in [4.78, 5) is 15.8. The highest BCUT2D eigenvalue weighted by atomic mass is 16.5. The molecule has 0 unspecified atom stereocenters. The van der Waals surface area contributed by atoms with Crippen molar-refractivity contribution in [2.75, 3.05) is 51.7 Å². The third-order valence-electron chi connectivity index (χ3n) is 6.86. The van der Waals surface area contributed by atoms with E-state index in [2.05, 4.69) is 32.0 Å². The molecule has 4 N–H and O–H groups in total. The number of rotatable bonds is 11. The molecular weight excluding hydrogens is 504 g/mol. The van der Waals surface area contributed by atoms with Crippen LogP contribution in [0.15, 0.2) is 73.2 Å². The number of likely N-dealkylation sites (N-methyl/N-ethyl adjacent to an activating group) is 1. The molecule has 0 spiro atoms. The van der Waals surface area contributed by atoms with E-state index < -0.39 is 0 Å². The van der Waals surface area contributed by atoms with E-state index >= 15 is 0 Å². The van der Waals surface area contributed by atoms with Crippen molar-refractivity contribution in [1.82, 2.24) is 15.0 Å². The molecule has 0 amide bonds. The van der Waals surface area contributed by atoms with Gasteiger partial charge in [-0.3, -0.25) is 9.97 Å². The van der Waals surface area contributed by atoms with Crippen LogP contribution >= 0.6 is 0 Å². The van der Waals surface area contributed by atoms with E-state index in [0.29, 0.717) is 30.5 Å². The van der Waals surface area contributed by atoms with Gasteiger partial charge in [0.1, 0.15) is 23.9 Å². The van der Waals surface area contributed by atoms with Crippen molar-refractivity contribution in [2.45, 2.75) is 12.5 Å². The molecule has 9 nitrogen and oxygen atoms in total. The topological polar surface area (TPSA) is 122 Å². The molecule has 5 rings (SSSR count). The second-order valence-electron chi connectivity index (χ2n) is 9.74. The van der Waals surface area contributed by atoms with Crippen LogP contribution in [-0.4, -0.2) is 62.0 Å². The summed E-state index contributed by atoms with van der Waals surface area (Å²) < 4.78 is 17.0. The van der Waals surface area contributed by atoms with Crippen LogP contribution in [0.4, 0.5) is 11.5 Å². The molecule has 0 saturated heterocycles. The van der Waals surface area contributed by atoms with E-state index in [1.165, 1.54) is 5.56 Å². The Morgan fingerprint density at radius 3 is 2.55 bits per heavy atom. The summed E-state index contributed by atoms with van der Waals surface area (Å²) in [6.45, 7) is 1.68. The van der Waals surface area contributed by atoms with Crippen LogP contribution in [0.3, 0.4) is 0 Å². The fourth-order valence-corrected chi connectivity index (χ4v) is 4.72. The van der Waals surface area contributed by atoms with Gasteiger partial charge in [-0.15, -0.1) is 0 Å². The van der Waals surface area contributed by atoms with Crippen molar-refractivity contribution in [2.24, 2.45) is 5.73 Å². The van der Waals surface area contributed by atoms with Crippen molar-refractivity contribution in [3.05, 3.63) is 78.8 Å². The average Bonchev–Trinajstić information content (AvgIpc) is 2.98. The molecule has 3 aromatic heterocycles. The van der Waals surface area contributed by atoms with Gasteiger partial charge in [-0.05, 0) is 41.6 Å². The molecule has 0 fully saturated rings. The van der Waals surface area contributed by atoms with Gasteiger partial charge < -0.3 is 30.6 Å². The molecule has 0 aliphatic heterocycles. The summed E-state index contributed by atoms with van der Waals surface area (Å²) in [5.74, 6) is 1.74. The molecule has 0 radical (unpaired) electrons. The first kappa shape index (κ1) is 27.1. The lowest BCUT2D eigenvalue weighted by molar-refractivity contribution is 0.206. The summed E-state index contributed by atoms with van der Waals surface area (Å²) in [5.41, 5.74) is 17.1. The van der Waals surface area contributed by atoms with Crippen molar-refractivity contribution in [3.8, 4) is 22.8 Å². The van der Waals surface area contributed by atoms with Crippen LogP contribution in [0.2, 0.25) is 0 Å². The summed E-state index contributed by atoms with van der Waals surface area (Å²) in [6, 6.07) is 17.9. The van der Waals surface area contributed by atoms with Gasteiger partial charge in [-0.25, -0.2) is 4.98 Å². The summed E-state index contributed by atoms with van der Waals surface area (Å²) >= 11 is 0. The highest BCUT2D eigenvalue weighted by Crippen LogP contribution is 2.37. The van der Waals surface area contributed by atoms with E-state index in [4.69, 9.17) is 25.7 Å². The van der Waals surface area contributed by atoms with E-state index in [0.717, 1.165) is 51.6 Å². The van der Waals surface area contributed by atoms with E-state index in [1.807, 2.05) is 49.5 Å². The Balaban J connectivity index is 1.45. The minimum Gasteiger partial charge on any atom is -0.495 e. The number of methoxy groups -OCH3 is 2. The number of hydrogen-bond donors (Lipinski definition) is 2. The number of anilines is 2. The van der Waals surface area contributed by atoms with Gasteiger partial charge in [0.2, 0.25) is 0 Å². The Kier molecular flexibility index (Phi) is 8.23. The van der Waals surface area contributed by atoms with Crippen LogP contribution in [-0.2, 0) is 11.2 Å². The number of aromatic nitrogens is 3. The highest BCUT2D eigenvalue weighted by molar-refractivity contribution is 6.11. The minimum atomic E-state index is -0.146. The summed E-state index contributed by atoms with van der Waals surface area (Å²) in [5, 5.41) is 2.61. The number of benzene rings is 2. The third kappa shape index (κ3) is 5.90. The zero-order chi connectivity index (χ0) is 28.1. The maximum atomic E-state index is 6.43. The van der Waals surface area contributed by atoms with Crippen LogP contribution in [0.1, 0.15) is 5.56 Å². The number of pyridine rings is 3. The third-order valence-corrected chi connectivity index (χ3v) is 6.86.